The molecule has 0 bridgehead atoms. The van der Waals surface area contributed by atoms with E-state index in [9.17, 15) is 43.2 Å². The van der Waals surface area contributed by atoms with E-state index in [2.05, 4.69) is 0 Å². The summed E-state index contributed by atoms with van der Waals surface area (Å²) >= 11 is 0. The molecule has 1 rings (SSSR count). The van der Waals surface area contributed by atoms with Crippen molar-refractivity contribution < 1.29 is 61.5 Å². The van der Waals surface area contributed by atoms with Crippen LogP contribution in [0.15, 0.2) is 18.7 Å². The average Bonchev–Trinajstić information content (AvgIpc) is 3.01. The molecule has 0 saturated heterocycles. The van der Waals surface area contributed by atoms with Gasteiger partial charge >= 0.3 is 11.0 Å². The van der Waals surface area contributed by atoms with E-state index >= 15 is 0 Å². The third-order valence-electron chi connectivity index (χ3n) is 1.68. The summed E-state index contributed by atoms with van der Waals surface area (Å²) in [6.07, 6.45) is 2.75. The number of sulfonamides is 2. The van der Waals surface area contributed by atoms with Gasteiger partial charge in [-0.1, -0.05) is 0 Å². The largest absolute Gasteiger partial charge is 0.480 e. The van der Waals surface area contributed by atoms with Crippen LogP contribution in [0, 0.1) is 0 Å². The van der Waals surface area contributed by atoms with Crippen LogP contribution in [-0.4, -0.2) is 32.4 Å². The molecule has 1 aromatic rings. The first kappa shape index (κ1) is 10.6. The zero-order valence-electron chi connectivity index (χ0n) is 20.8. The van der Waals surface area contributed by atoms with E-state index in [1.807, 2.05) is 0 Å². The van der Waals surface area contributed by atoms with Gasteiger partial charge in [-0.2, -0.15) is 26.3 Å². The van der Waals surface area contributed by atoms with Gasteiger partial charge in [0.25, 0.3) is 0 Å². The van der Waals surface area contributed by atoms with Crippen molar-refractivity contribution in [1.29, 1.82) is 0 Å². The molecule has 15 heteroatoms. The minimum Gasteiger partial charge on any atom is -0.421 e. The number of aryl methyl sites for hydroxylation is 2. The Balaban J connectivity index is 0.000000661. The zero-order chi connectivity index (χ0) is 28.0. The Hall–Kier alpha value is -1.35. The fourth-order valence-corrected chi connectivity index (χ4v) is 2.41. The minimum absolute atomic E-state index is 0.629. The van der Waals surface area contributed by atoms with E-state index in [0.717, 1.165) is 22.8 Å². The highest BCUT2D eigenvalue weighted by Crippen LogP contribution is 2.36. The second-order valence-corrected chi connectivity index (χ2v) is 6.79. The molecule has 0 aromatic carbocycles. The Bertz CT molecular complexity index is 994. The molecule has 7 nitrogen and oxygen atoms in total. The van der Waals surface area contributed by atoms with Crippen LogP contribution in [0.5, 0.6) is 0 Å². The Morgan fingerprint density at radius 1 is 1.08 bits per heavy atom. The maximum Gasteiger partial charge on any atom is 0.480 e. The molecule has 0 unspecified atom stereocenters. The van der Waals surface area contributed by atoms with Gasteiger partial charge in [-0.25, -0.2) is 26.0 Å². The Morgan fingerprint density at radius 2 is 1.58 bits per heavy atom. The molecule has 0 amide bonds. The standard InChI is InChI=1S/C7H13N2.C2F6NO4S2/c1-3-8-5-6-9(4-2)7-8;3-1(4,5)14(10,11)9-15(12,13)2(6,7)8/h5-7H,3-4H2,1-2H3;/q+1;-1/i1D3,2D3,3D2,4D2;. The van der Waals surface area contributed by atoms with Crippen LogP contribution >= 0.6 is 0 Å². The number of rotatable bonds is 4. The molecular weight excluding hydrogens is 392 g/mol. The molecule has 1 heterocycles. The fourth-order valence-electron chi connectivity index (χ4n) is 0.701. The Labute approximate surface area is 148 Å². The number of alkyl halides is 6. The van der Waals surface area contributed by atoms with Crippen LogP contribution < -0.4 is 4.57 Å². The second kappa shape index (κ2) is 7.69. The molecule has 0 atom stereocenters. The summed E-state index contributed by atoms with van der Waals surface area (Å²) in [4.78, 5) is 0. The van der Waals surface area contributed by atoms with E-state index < -0.39 is 57.8 Å². The van der Waals surface area contributed by atoms with Crippen LogP contribution in [0.4, 0.5) is 26.3 Å². The molecule has 0 spiro atoms. The van der Waals surface area contributed by atoms with Gasteiger partial charge in [0.2, 0.25) is 6.33 Å². The third-order valence-corrected chi connectivity index (χ3v) is 4.42. The van der Waals surface area contributed by atoms with Crippen molar-refractivity contribution in [2.75, 3.05) is 0 Å². The van der Waals surface area contributed by atoms with Gasteiger partial charge in [-0.15, -0.1) is 0 Å². The first-order valence-corrected chi connectivity index (χ1v) is 7.77. The molecule has 0 aliphatic carbocycles. The van der Waals surface area contributed by atoms with E-state index in [-0.39, 0.29) is 0 Å². The Morgan fingerprint density at radius 3 is 1.96 bits per heavy atom. The summed E-state index contributed by atoms with van der Waals surface area (Å²) in [5.74, 6) is 0. The lowest BCUT2D eigenvalue weighted by Crippen LogP contribution is -2.30. The number of nitrogens with zero attached hydrogens (tertiary/aromatic N) is 3. The maximum absolute atomic E-state index is 11.4. The number of imidazole rings is 1. The van der Waals surface area contributed by atoms with Crippen molar-refractivity contribution in [2.45, 2.75) is 37.7 Å². The number of aromatic nitrogens is 2. The van der Waals surface area contributed by atoms with Crippen LogP contribution in [0.1, 0.15) is 27.4 Å². The summed E-state index contributed by atoms with van der Waals surface area (Å²) in [5.41, 5.74) is -12.4. The van der Waals surface area contributed by atoms with Crippen molar-refractivity contribution in [2.24, 2.45) is 0 Å². The summed E-state index contributed by atoms with van der Waals surface area (Å²) in [6, 6.07) is 0. The van der Waals surface area contributed by atoms with Crippen molar-refractivity contribution in [3.63, 3.8) is 0 Å². The van der Waals surface area contributed by atoms with Crippen LogP contribution in [0.3, 0.4) is 0 Å². The topological polar surface area (TPSA) is 91.2 Å². The molecule has 0 aliphatic rings. The van der Waals surface area contributed by atoms with Crippen LogP contribution in [-0.2, 0) is 33.0 Å². The molecule has 0 fully saturated rings. The summed E-state index contributed by atoms with van der Waals surface area (Å²) in [5, 5.41) is 0. The van der Waals surface area contributed by atoms with Gasteiger partial charge in [0.15, 0.2) is 20.0 Å². The average molecular weight is 415 g/mol. The predicted octanol–water partition coefficient (Wildman–Crippen LogP) is 1.87. The van der Waals surface area contributed by atoms with E-state index in [1.165, 1.54) is 0 Å². The number of halogens is 6. The van der Waals surface area contributed by atoms with Crippen LogP contribution in [0.25, 0.3) is 4.13 Å². The van der Waals surface area contributed by atoms with Gasteiger partial charge in [0.1, 0.15) is 12.4 Å². The molecule has 0 saturated carbocycles. The quantitative estimate of drug-likeness (QED) is 0.555. The van der Waals surface area contributed by atoms with E-state index in [4.69, 9.17) is 13.7 Å². The highest BCUT2D eigenvalue weighted by Gasteiger charge is 2.46. The SMILES string of the molecule is O=S(=O)([N-]S(=O)(=O)C(F)(F)F)C(F)(F)F.[2H]C([2H])([2H])C([2H])([2H])n1cc[n+](C([2H])([2H])C([2H])([2H])[2H])c1. The molecule has 0 aliphatic heterocycles. The first-order valence-electron chi connectivity index (χ1n) is 9.89. The summed E-state index contributed by atoms with van der Waals surface area (Å²) in [6.45, 7) is -11.4. The Kier molecular flexibility index (Phi) is 3.40. The first-order chi connectivity index (χ1) is 14.4. The third kappa shape index (κ3) is 6.27. The molecule has 1 aromatic heterocycles. The summed E-state index contributed by atoms with van der Waals surface area (Å²) in [7, 11) is -13.4. The lowest BCUT2D eigenvalue weighted by molar-refractivity contribution is -0.693. The van der Waals surface area contributed by atoms with Gasteiger partial charge < -0.3 is 4.13 Å². The van der Waals surface area contributed by atoms with Gasteiger partial charge in [0.05, 0.1) is 18.5 Å². The second-order valence-electron chi connectivity index (χ2n) is 3.37. The summed E-state index contributed by atoms with van der Waals surface area (Å²) < 4.78 is 183. The zero-order valence-corrected chi connectivity index (χ0v) is 12.4. The van der Waals surface area contributed by atoms with Gasteiger partial charge in [0, 0.05) is 8.22 Å². The smallest absolute Gasteiger partial charge is 0.421 e. The predicted molar refractivity (Wildman–Crippen MR) is 69.3 cm³/mol. The lowest BCUT2D eigenvalue weighted by Gasteiger charge is -2.22. The normalized spacial score (nSPS) is 21.8. The highest BCUT2D eigenvalue weighted by molar-refractivity contribution is 8.13. The maximum atomic E-state index is 11.4. The number of hydrogen-bond acceptors (Lipinski definition) is 4. The molecule has 24 heavy (non-hydrogen) atoms. The van der Waals surface area contributed by atoms with Crippen molar-refractivity contribution in [1.82, 2.24) is 4.57 Å². The highest BCUT2D eigenvalue weighted by atomic mass is 32.3. The number of hydrogen-bond donors (Lipinski definition) is 0. The molecule has 142 valence electrons. The minimum atomic E-state index is -6.72. The van der Waals surface area contributed by atoms with Crippen molar-refractivity contribution in [3.8, 4) is 0 Å². The molecule has 0 radical (unpaired) electrons. The fraction of sp³-hybridized carbons (Fsp3) is 0.667. The van der Waals surface area contributed by atoms with E-state index in [0.29, 0.717) is 9.13 Å². The van der Waals surface area contributed by atoms with Gasteiger partial charge in [-0.05, 0) is 13.7 Å². The molecule has 0 N–H and O–H groups in total. The monoisotopic (exact) mass is 415 g/mol. The van der Waals surface area contributed by atoms with Crippen LogP contribution in [0.2, 0.25) is 0 Å². The van der Waals surface area contributed by atoms with Crippen molar-refractivity contribution >= 4 is 20.0 Å². The van der Waals surface area contributed by atoms with E-state index in [1.54, 1.807) is 0 Å². The van der Waals surface area contributed by atoms with Crippen molar-refractivity contribution in [3.05, 3.63) is 22.8 Å². The lowest BCUT2D eigenvalue weighted by atomic mass is 10.7. The van der Waals surface area contributed by atoms with Gasteiger partial charge in [-0.3, -0.25) is 0 Å². The molecular formula is C9H13F6N3O4S2.